The lowest BCUT2D eigenvalue weighted by atomic mass is 9.72. The van der Waals surface area contributed by atoms with Gasteiger partial charge in [0.2, 0.25) is 0 Å². The minimum atomic E-state index is 0.338. The molecule has 5 aliphatic heterocycles. The van der Waals surface area contributed by atoms with Crippen LogP contribution in [0.25, 0.3) is 21.8 Å². The van der Waals surface area contributed by atoms with Crippen molar-refractivity contribution >= 4 is 56.2 Å². The van der Waals surface area contributed by atoms with E-state index in [0.29, 0.717) is 22.7 Å². The van der Waals surface area contributed by atoms with Gasteiger partial charge in [-0.2, -0.15) is 0 Å². The first-order valence-corrected chi connectivity index (χ1v) is 27.3. The normalized spacial score (nSPS) is 19.5. The molecule has 7 heterocycles. The predicted octanol–water partition coefficient (Wildman–Crippen LogP) is 9.33. The van der Waals surface area contributed by atoms with Gasteiger partial charge < -0.3 is 43.6 Å². The minimum absolute atomic E-state index is 0.338. The van der Waals surface area contributed by atoms with Gasteiger partial charge >= 0.3 is 0 Å². The van der Waals surface area contributed by atoms with Crippen LogP contribution >= 0.6 is 0 Å². The highest BCUT2D eigenvalue weighted by Gasteiger charge is 2.54. The molecule has 73 heavy (non-hydrogen) atoms. The number of morpholine rings is 1. The molecule has 386 valence electrons. The van der Waals surface area contributed by atoms with Crippen LogP contribution in [0.1, 0.15) is 76.4 Å². The Morgan fingerprint density at radius 3 is 1.41 bits per heavy atom. The Balaban J connectivity index is 0.000000154. The zero-order valence-electron chi connectivity index (χ0n) is 44.5. The molecule has 0 amide bonds. The largest absolute Gasteiger partial charge is 0.495 e. The zero-order valence-corrected chi connectivity index (χ0v) is 44.5. The third-order valence-electron chi connectivity index (χ3n) is 16.2. The lowest BCUT2D eigenvalue weighted by Crippen LogP contribution is -2.72. The van der Waals surface area contributed by atoms with Crippen LogP contribution in [0.2, 0.25) is 0 Å². The first-order chi connectivity index (χ1) is 35.7. The molecule has 0 atom stereocenters. The van der Waals surface area contributed by atoms with Crippen LogP contribution in [0.4, 0.5) is 34.4 Å². The van der Waals surface area contributed by atoms with E-state index in [9.17, 15) is 0 Å². The van der Waals surface area contributed by atoms with E-state index < -0.39 is 0 Å². The van der Waals surface area contributed by atoms with Gasteiger partial charge in [-0.15, -0.1) is 0 Å². The number of rotatable bonds is 15. The molecule has 5 saturated heterocycles. The Labute approximate surface area is 433 Å². The van der Waals surface area contributed by atoms with Crippen LogP contribution in [0.15, 0.2) is 84.9 Å². The first kappa shape index (κ1) is 49.1. The number of methoxy groups -OCH3 is 2. The number of aromatic nitrogens is 4. The quantitative estimate of drug-likeness (QED) is 0.0977. The second-order valence-electron chi connectivity index (χ2n) is 21.8. The molecule has 13 rings (SSSR count). The van der Waals surface area contributed by atoms with E-state index in [1.807, 2.05) is 32.0 Å². The number of para-hydroxylation sites is 4. The van der Waals surface area contributed by atoms with Crippen LogP contribution in [-0.2, 0) is 4.74 Å². The maximum Gasteiger partial charge on any atom is 0.142 e. The van der Waals surface area contributed by atoms with E-state index in [-0.39, 0.29) is 0 Å². The van der Waals surface area contributed by atoms with Crippen molar-refractivity contribution in [2.75, 3.05) is 156 Å². The molecule has 0 radical (unpaired) electrons. The summed E-state index contributed by atoms with van der Waals surface area (Å²) in [4.78, 5) is 37.3. The Morgan fingerprint density at radius 1 is 0.562 bits per heavy atom. The Kier molecular flexibility index (Phi) is 13.9. The summed E-state index contributed by atoms with van der Waals surface area (Å²) < 4.78 is 16.7. The molecule has 6 aromatic rings. The molecule has 2 saturated carbocycles. The van der Waals surface area contributed by atoms with Crippen molar-refractivity contribution in [1.29, 1.82) is 0 Å². The van der Waals surface area contributed by atoms with Crippen molar-refractivity contribution in [1.82, 2.24) is 24.8 Å². The third kappa shape index (κ3) is 10.0. The lowest BCUT2D eigenvalue weighted by molar-refractivity contribution is 0.0393. The van der Waals surface area contributed by atoms with Gasteiger partial charge in [0.25, 0.3) is 0 Å². The summed E-state index contributed by atoms with van der Waals surface area (Å²) in [7, 11) is 7.87. The summed E-state index contributed by atoms with van der Waals surface area (Å²) in [6, 6.07) is 30.1. The molecular formula is C59H77N11O3. The molecular weight excluding hydrogens is 911 g/mol. The smallest absolute Gasteiger partial charge is 0.142 e. The zero-order chi connectivity index (χ0) is 50.3. The van der Waals surface area contributed by atoms with Crippen molar-refractivity contribution in [3.05, 3.63) is 96.6 Å². The van der Waals surface area contributed by atoms with Crippen LogP contribution in [0, 0.1) is 10.8 Å². The van der Waals surface area contributed by atoms with Gasteiger partial charge in [-0.05, 0) is 92.8 Å². The summed E-state index contributed by atoms with van der Waals surface area (Å²) in [5.74, 6) is 7.34. The van der Waals surface area contributed by atoms with Gasteiger partial charge in [0.1, 0.15) is 34.8 Å². The van der Waals surface area contributed by atoms with Crippen molar-refractivity contribution in [3.63, 3.8) is 0 Å². The van der Waals surface area contributed by atoms with Crippen LogP contribution in [0.3, 0.4) is 0 Å². The minimum Gasteiger partial charge on any atom is -0.495 e. The Morgan fingerprint density at radius 2 is 0.986 bits per heavy atom. The molecule has 0 bridgehead atoms. The SMILES string of the molecule is CC.CCCN(C)c1ccc2nc(C3CC3)nc(N3CC4(CN(c5ccccc5OC)C4)C3)c2c1.COc1ccccc1N1CC2(C1)CN(c1nc(C3CC3)nc3ccc(N(C)CCN4CCOCC4)cc13)C2. The average Bonchev–Trinajstić information content (AvgIpc) is 4.33. The first-order valence-electron chi connectivity index (χ1n) is 27.3. The van der Waals surface area contributed by atoms with Gasteiger partial charge in [-0.1, -0.05) is 45.0 Å². The number of anilines is 6. The number of hydrogen-bond donors (Lipinski definition) is 0. The second kappa shape index (κ2) is 20.7. The van der Waals surface area contributed by atoms with Gasteiger partial charge in [0.15, 0.2) is 0 Å². The van der Waals surface area contributed by atoms with E-state index in [2.05, 4.69) is 122 Å². The number of nitrogens with zero attached hydrogens (tertiary/aromatic N) is 11. The number of likely N-dealkylation sites (N-methyl/N-ethyl adjacent to an activating group) is 1. The molecule has 2 aromatic heterocycles. The van der Waals surface area contributed by atoms with Gasteiger partial charge in [0.05, 0.1) is 49.8 Å². The molecule has 7 fully saturated rings. The standard InChI is InChI=1S/C30H38N6O2.C27H33N5O.C2H6/c1-33(11-12-34-13-15-38-16-14-34)23-9-10-25-24(17-23)29(32-28(31-25)22-7-8-22)36-20-30(21-36)18-35(19-30)26-5-3-4-6-27(26)37-2;1-4-13-30(2)20-11-12-22-21(14-20)26(29-25(28-22)19-9-10-19)32-17-27(18-32)15-31(16-27)23-7-5-6-8-24(23)33-3;1-2/h3-6,9-10,17,22H,7-8,11-16,18-21H2,1-2H3;5-8,11-12,14,19H,4,9-10,13,15-18H2,1-3H3;1-2H3. The fourth-order valence-corrected chi connectivity index (χ4v) is 11.8. The van der Waals surface area contributed by atoms with E-state index in [4.69, 9.17) is 34.1 Å². The fraction of sp³-hybridized carbons (Fsp3) is 0.525. The van der Waals surface area contributed by atoms with Gasteiger partial charge in [0, 0.05) is 144 Å². The average molecular weight is 988 g/mol. The molecule has 14 nitrogen and oxygen atoms in total. The second-order valence-corrected chi connectivity index (χ2v) is 21.8. The summed E-state index contributed by atoms with van der Waals surface area (Å²) in [6.07, 6.45) is 6.01. The third-order valence-corrected chi connectivity index (χ3v) is 16.2. The van der Waals surface area contributed by atoms with Crippen LogP contribution in [-0.4, -0.2) is 151 Å². The molecule has 14 heteroatoms. The number of fused-ring (bicyclic) bond motifs is 2. The van der Waals surface area contributed by atoms with E-state index >= 15 is 0 Å². The topological polar surface area (TPSA) is 102 Å². The Hall–Kier alpha value is -6.12. The highest BCUT2D eigenvalue weighted by atomic mass is 16.5. The number of hydrogen-bond acceptors (Lipinski definition) is 14. The maximum absolute atomic E-state index is 5.60. The predicted molar refractivity (Wildman–Crippen MR) is 298 cm³/mol. The van der Waals surface area contributed by atoms with Crippen molar-refractivity contribution in [2.45, 2.75) is 64.7 Å². The Bertz CT molecular complexity index is 2870. The summed E-state index contributed by atoms with van der Waals surface area (Å²) in [5.41, 5.74) is 7.74. The molecule has 0 N–H and O–H groups in total. The van der Waals surface area contributed by atoms with Crippen molar-refractivity contribution in [2.24, 2.45) is 10.8 Å². The molecule has 2 spiro atoms. The highest BCUT2D eigenvalue weighted by Crippen LogP contribution is 2.50. The monoisotopic (exact) mass is 988 g/mol. The number of benzene rings is 4. The summed E-state index contributed by atoms with van der Waals surface area (Å²) >= 11 is 0. The van der Waals surface area contributed by atoms with E-state index in [0.717, 1.165) is 151 Å². The van der Waals surface area contributed by atoms with E-state index in [1.165, 1.54) is 59.2 Å². The van der Waals surface area contributed by atoms with E-state index in [1.54, 1.807) is 14.2 Å². The van der Waals surface area contributed by atoms with Gasteiger partial charge in [-0.3, -0.25) is 4.90 Å². The molecule has 2 aliphatic carbocycles. The molecule has 7 aliphatic rings. The van der Waals surface area contributed by atoms with Crippen LogP contribution < -0.4 is 38.9 Å². The van der Waals surface area contributed by atoms with Crippen molar-refractivity contribution < 1.29 is 14.2 Å². The summed E-state index contributed by atoms with van der Waals surface area (Å²) in [6.45, 7) is 21.6. The van der Waals surface area contributed by atoms with Crippen LogP contribution in [0.5, 0.6) is 11.5 Å². The summed E-state index contributed by atoms with van der Waals surface area (Å²) in [5, 5.41) is 2.37. The highest BCUT2D eigenvalue weighted by molar-refractivity contribution is 5.94. The molecule has 4 aromatic carbocycles. The molecule has 0 unspecified atom stereocenters. The maximum atomic E-state index is 5.60. The lowest BCUT2D eigenvalue weighted by Gasteiger charge is -2.61. The fourth-order valence-electron chi connectivity index (χ4n) is 11.8. The number of ether oxygens (including phenoxy) is 3. The van der Waals surface area contributed by atoms with Crippen molar-refractivity contribution in [3.8, 4) is 11.5 Å². The van der Waals surface area contributed by atoms with Gasteiger partial charge in [-0.25, -0.2) is 19.9 Å².